The summed E-state index contributed by atoms with van der Waals surface area (Å²) in [5.41, 5.74) is 1.10. The molecule has 3 rings (SSSR count). The molecule has 138 valence electrons. The highest BCUT2D eigenvalue weighted by atomic mass is 32.2. The Morgan fingerprint density at radius 2 is 1.63 bits per heavy atom. The first-order valence-corrected chi connectivity index (χ1v) is 10.1. The van der Waals surface area contributed by atoms with Crippen LogP contribution in [0.3, 0.4) is 0 Å². The number of ether oxygens (including phenoxy) is 1. The van der Waals surface area contributed by atoms with E-state index < -0.39 is 15.1 Å². The van der Waals surface area contributed by atoms with Gasteiger partial charge in [-0.25, -0.2) is 18.4 Å². The van der Waals surface area contributed by atoms with Crippen LogP contribution in [0.4, 0.5) is 0 Å². The zero-order valence-electron chi connectivity index (χ0n) is 15.0. The van der Waals surface area contributed by atoms with Gasteiger partial charge in [-0.05, 0) is 37.6 Å². The maximum atomic E-state index is 13.1. The Morgan fingerprint density at radius 1 is 1.04 bits per heavy atom. The summed E-state index contributed by atoms with van der Waals surface area (Å²) >= 11 is 0. The molecule has 2 atom stereocenters. The van der Waals surface area contributed by atoms with Gasteiger partial charge < -0.3 is 4.74 Å². The normalized spacial score (nSPS) is 13.7. The first-order chi connectivity index (χ1) is 13.0. The fourth-order valence-electron chi connectivity index (χ4n) is 2.55. The summed E-state index contributed by atoms with van der Waals surface area (Å²) in [5.74, 6) is 0.0779. The Hall–Kier alpha value is -2.98. The average Bonchev–Trinajstić information content (AvgIpc) is 2.69. The van der Waals surface area contributed by atoms with Crippen molar-refractivity contribution < 1.29 is 13.2 Å². The summed E-state index contributed by atoms with van der Waals surface area (Å²) in [5, 5.41) is 8.19. The van der Waals surface area contributed by atoms with E-state index in [0.29, 0.717) is 17.5 Å². The molecule has 2 unspecified atom stereocenters. The van der Waals surface area contributed by atoms with E-state index in [1.807, 2.05) is 26.0 Å². The third kappa shape index (κ3) is 3.76. The first kappa shape index (κ1) is 18.8. The van der Waals surface area contributed by atoms with Gasteiger partial charge >= 0.3 is 0 Å². The molecule has 2 aromatic carbocycles. The Labute approximate surface area is 158 Å². The van der Waals surface area contributed by atoms with Crippen LogP contribution in [0.15, 0.2) is 59.5 Å². The SMILES string of the molecule is CCC(C)Oc1nc2ccccc2nc1C(C#N)S(=O)(=O)c1ccccc1. The van der Waals surface area contributed by atoms with Crippen LogP contribution in [-0.2, 0) is 9.84 Å². The van der Waals surface area contributed by atoms with Gasteiger partial charge in [0.05, 0.1) is 28.1 Å². The van der Waals surface area contributed by atoms with Gasteiger partial charge in [-0.15, -0.1) is 0 Å². The van der Waals surface area contributed by atoms with E-state index in [1.165, 1.54) is 12.1 Å². The van der Waals surface area contributed by atoms with Gasteiger partial charge in [0, 0.05) is 0 Å². The van der Waals surface area contributed by atoms with Crippen LogP contribution in [0, 0.1) is 11.3 Å². The van der Waals surface area contributed by atoms with Gasteiger partial charge in [-0.2, -0.15) is 5.26 Å². The lowest BCUT2D eigenvalue weighted by atomic mass is 10.2. The number of fused-ring (bicyclic) bond motifs is 1. The number of nitrogens with zero attached hydrogens (tertiary/aromatic N) is 3. The lowest BCUT2D eigenvalue weighted by Crippen LogP contribution is -2.19. The van der Waals surface area contributed by atoms with Crippen LogP contribution in [0.2, 0.25) is 0 Å². The van der Waals surface area contributed by atoms with E-state index in [2.05, 4.69) is 9.97 Å². The monoisotopic (exact) mass is 381 g/mol. The smallest absolute Gasteiger partial charge is 0.239 e. The van der Waals surface area contributed by atoms with Crippen LogP contribution in [0.5, 0.6) is 5.88 Å². The number of para-hydroxylation sites is 2. The van der Waals surface area contributed by atoms with Crippen LogP contribution in [-0.4, -0.2) is 24.5 Å². The van der Waals surface area contributed by atoms with Gasteiger partial charge in [0.2, 0.25) is 15.7 Å². The van der Waals surface area contributed by atoms with Gasteiger partial charge in [0.1, 0.15) is 5.69 Å². The largest absolute Gasteiger partial charge is 0.473 e. The summed E-state index contributed by atoms with van der Waals surface area (Å²) < 4.78 is 32.0. The maximum Gasteiger partial charge on any atom is 0.239 e. The second-order valence-electron chi connectivity index (χ2n) is 6.11. The zero-order valence-corrected chi connectivity index (χ0v) is 15.8. The third-order valence-electron chi connectivity index (χ3n) is 4.20. The molecule has 7 heteroatoms. The Morgan fingerprint density at radius 3 is 2.22 bits per heavy atom. The predicted octanol–water partition coefficient (Wildman–Crippen LogP) is 3.85. The highest BCUT2D eigenvalue weighted by molar-refractivity contribution is 7.92. The van der Waals surface area contributed by atoms with Crippen molar-refractivity contribution in [1.82, 2.24) is 9.97 Å². The molecule has 1 aromatic heterocycles. The molecule has 0 radical (unpaired) electrons. The molecule has 0 spiro atoms. The summed E-state index contributed by atoms with van der Waals surface area (Å²) in [6.45, 7) is 3.80. The van der Waals surface area contributed by atoms with Crippen molar-refractivity contribution in [3.05, 3.63) is 60.3 Å². The minimum atomic E-state index is -3.98. The molecular weight excluding hydrogens is 362 g/mol. The second-order valence-corrected chi connectivity index (χ2v) is 8.14. The van der Waals surface area contributed by atoms with Crippen LogP contribution < -0.4 is 4.74 Å². The lowest BCUT2D eigenvalue weighted by molar-refractivity contribution is 0.206. The van der Waals surface area contributed by atoms with E-state index in [0.717, 1.165) is 0 Å². The number of hydrogen-bond donors (Lipinski definition) is 0. The molecule has 0 aliphatic carbocycles. The van der Waals surface area contributed by atoms with Crippen LogP contribution >= 0.6 is 0 Å². The summed E-state index contributed by atoms with van der Waals surface area (Å²) in [4.78, 5) is 8.93. The van der Waals surface area contributed by atoms with Crippen molar-refractivity contribution in [2.24, 2.45) is 0 Å². The van der Waals surface area contributed by atoms with Gasteiger partial charge in [0.15, 0.2) is 5.25 Å². The van der Waals surface area contributed by atoms with E-state index in [9.17, 15) is 13.7 Å². The van der Waals surface area contributed by atoms with Crippen molar-refractivity contribution >= 4 is 20.9 Å². The molecule has 0 aliphatic rings. The lowest BCUT2D eigenvalue weighted by Gasteiger charge is -2.18. The number of hydrogen-bond acceptors (Lipinski definition) is 6. The molecule has 0 amide bonds. The predicted molar refractivity (Wildman–Crippen MR) is 102 cm³/mol. The number of aromatic nitrogens is 2. The van der Waals surface area contributed by atoms with Crippen molar-refractivity contribution in [3.63, 3.8) is 0 Å². The topological polar surface area (TPSA) is 92.9 Å². The van der Waals surface area contributed by atoms with Crippen molar-refractivity contribution in [2.45, 2.75) is 36.5 Å². The molecule has 1 heterocycles. The summed E-state index contributed by atoms with van der Waals surface area (Å²) in [6.07, 6.45) is 0.509. The summed E-state index contributed by atoms with van der Waals surface area (Å²) in [7, 11) is -3.98. The standard InChI is InChI=1S/C20H19N3O3S/c1-3-14(2)26-20-19(22-16-11-7-8-12-17(16)23-20)18(13-21)27(24,25)15-9-5-4-6-10-15/h4-12,14,18H,3H2,1-2H3. The molecular formula is C20H19N3O3S. The number of nitriles is 1. The number of rotatable bonds is 6. The molecule has 6 nitrogen and oxygen atoms in total. The van der Waals surface area contributed by atoms with E-state index in [4.69, 9.17) is 4.74 Å². The summed E-state index contributed by atoms with van der Waals surface area (Å²) in [6, 6.07) is 16.8. The molecule has 27 heavy (non-hydrogen) atoms. The maximum absolute atomic E-state index is 13.1. The Bertz CT molecular complexity index is 1090. The molecule has 0 saturated heterocycles. The third-order valence-corrected chi connectivity index (χ3v) is 6.08. The van der Waals surface area contributed by atoms with Crippen molar-refractivity contribution in [2.75, 3.05) is 0 Å². The highest BCUT2D eigenvalue weighted by Crippen LogP contribution is 2.33. The number of sulfone groups is 1. The fourth-order valence-corrected chi connectivity index (χ4v) is 3.95. The zero-order chi connectivity index (χ0) is 19.4. The average molecular weight is 381 g/mol. The van der Waals surface area contributed by atoms with E-state index >= 15 is 0 Å². The first-order valence-electron chi connectivity index (χ1n) is 8.59. The fraction of sp³-hybridized carbons (Fsp3) is 0.250. The molecule has 0 saturated carbocycles. The van der Waals surface area contributed by atoms with Crippen LogP contribution in [0.25, 0.3) is 11.0 Å². The second kappa shape index (κ2) is 7.72. The highest BCUT2D eigenvalue weighted by Gasteiger charge is 2.34. The molecule has 0 bridgehead atoms. The van der Waals surface area contributed by atoms with Crippen molar-refractivity contribution in [1.29, 1.82) is 5.26 Å². The van der Waals surface area contributed by atoms with Gasteiger partial charge in [0.25, 0.3) is 0 Å². The molecule has 0 N–H and O–H groups in total. The molecule has 0 fully saturated rings. The van der Waals surface area contributed by atoms with Gasteiger partial charge in [-0.1, -0.05) is 37.3 Å². The van der Waals surface area contributed by atoms with E-state index in [1.54, 1.807) is 36.4 Å². The Balaban J connectivity index is 2.20. The number of benzene rings is 2. The minimum absolute atomic E-state index is 0.0142. The van der Waals surface area contributed by atoms with Crippen molar-refractivity contribution in [3.8, 4) is 11.9 Å². The van der Waals surface area contributed by atoms with Crippen LogP contribution in [0.1, 0.15) is 31.2 Å². The molecule has 0 aliphatic heterocycles. The van der Waals surface area contributed by atoms with Gasteiger partial charge in [-0.3, -0.25) is 0 Å². The minimum Gasteiger partial charge on any atom is -0.473 e. The molecule has 3 aromatic rings. The van der Waals surface area contributed by atoms with E-state index in [-0.39, 0.29) is 22.6 Å². The Kier molecular flexibility index (Phi) is 5.38. The quantitative estimate of drug-likeness (QED) is 0.644.